The first-order valence-electron chi connectivity index (χ1n) is 12.1. The summed E-state index contributed by atoms with van der Waals surface area (Å²) in [6, 6.07) is 8.93. The Morgan fingerprint density at radius 2 is 2.00 bits per heavy atom. The number of benzene rings is 1. The highest BCUT2D eigenvalue weighted by Gasteiger charge is 2.32. The third-order valence-electron chi connectivity index (χ3n) is 6.08. The Morgan fingerprint density at radius 3 is 2.57 bits per heavy atom. The van der Waals surface area contributed by atoms with Crippen LogP contribution in [0.15, 0.2) is 42.7 Å². The smallest absolute Gasteiger partial charge is 0.233 e. The number of aromatic nitrogens is 4. The molecule has 0 saturated heterocycles. The number of aromatic amines is 1. The number of ether oxygens (including phenoxy) is 1. The third kappa shape index (κ3) is 6.57. The lowest BCUT2D eigenvalue weighted by molar-refractivity contribution is -0.137. The highest BCUT2D eigenvalue weighted by atomic mass is 16.5. The molecule has 0 spiro atoms. The quantitative estimate of drug-likeness (QED) is 0.355. The topological polar surface area (TPSA) is 130 Å². The lowest BCUT2D eigenvalue weighted by atomic mass is 9.92. The number of H-pyrrole nitrogens is 1. The van der Waals surface area contributed by atoms with E-state index in [1.807, 2.05) is 24.0 Å². The summed E-state index contributed by atoms with van der Waals surface area (Å²) in [4.78, 5) is 14.4. The summed E-state index contributed by atoms with van der Waals surface area (Å²) < 4.78 is 6.21. The number of nitrogens with zero attached hydrogens (tertiary/aromatic N) is 4. The second-order valence-corrected chi connectivity index (χ2v) is 9.20. The van der Waals surface area contributed by atoms with Crippen LogP contribution in [-0.4, -0.2) is 61.0 Å². The summed E-state index contributed by atoms with van der Waals surface area (Å²) >= 11 is 0. The fraction of sp³-hybridized carbons (Fsp3) is 0.462. The van der Waals surface area contributed by atoms with Gasteiger partial charge in [0.1, 0.15) is 11.9 Å². The molecule has 9 nitrogen and oxygen atoms in total. The molecular weight excluding hydrogens is 444 g/mol. The van der Waals surface area contributed by atoms with Gasteiger partial charge in [0.25, 0.3) is 0 Å². The lowest BCUT2D eigenvalue weighted by Gasteiger charge is -2.40. The number of rotatable bonds is 12. The van der Waals surface area contributed by atoms with E-state index in [1.165, 1.54) is 0 Å². The van der Waals surface area contributed by atoms with Crippen LogP contribution < -0.4 is 10.5 Å². The van der Waals surface area contributed by atoms with E-state index in [0.717, 1.165) is 24.0 Å². The second-order valence-electron chi connectivity index (χ2n) is 9.20. The molecule has 1 atom stereocenters. The summed E-state index contributed by atoms with van der Waals surface area (Å²) in [5, 5.41) is 25.8. The fourth-order valence-electron chi connectivity index (χ4n) is 4.43. The van der Waals surface area contributed by atoms with Gasteiger partial charge in [-0.2, -0.15) is 5.10 Å². The van der Waals surface area contributed by atoms with Crippen molar-refractivity contribution < 1.29 is 14.6 Å². The van der Waals surface area contributed by atoms with Crippen LogP contribution in [0.25, 0.3) is 22.4 Å². The maximum atomic E-state index is 12.6. The Labute approximate surface area is 206 Å². The molecule has 0 radical (unpaired) electrons. The van der Waals surface area contributed by atoms with E-state index in [9.17, 15) is 9.90 Å². The normalized spacial score (nSPS) is 12.4. The molecule has 4 N–H and O–H groups in total. The average Bonchev–Trinajstić information content (AvgIpc) is 3.35. The zero-order valence-electron chi connectivity index (χ0n) is 21.0. The van der Waals surface area contributed by atoms with E-state index in [0.29, 0.717) is 43.1 Å². The van der Waals surface area contributed by atoms with Crippen molar-refractivity contribution in [1.29, 1.82) is 0 Å². The number of aromatic hydroxyl groups is 1. The molecule has 35 heavy (non-hydrogen) atoms. The van der Waals surface area contributed by atoms with Crippen LogP contribution >= 0.6 is 0 Å². The van der Waals surface area contributed by atoms with Gasteiger partial charge >= 0.3 is 0 Å². The number of carbonyl (C=O) groups excluding carboxylic acids is 1. The predicted molar refractivity (Wildman–Crippen MR) is 136 cm³/mol. The zero-order chi connectivity index (χ0) is 25.4. The van der Waals surface area contributed by atoms with E-state index in [2.05, 4.69) is 41.2 Å². The predicted octanol–water partition coefficient (Wildman–Crippen LogP) is 4.15. The summed E-state index contributed by atoms with van der Waals surface area (Å²) in [6.45, 7) is 9.15. The highest BCUT2D eigenvalue weighted by molar-refractivity contribution is 5.77. The zero-order valence-corrected chi connectivity index (χ0v) is 21.0. The van der Waals surface area contributed by atoms with Crippen molar-refractivity contribution in [1.82, 2.24) is 25.3 Å². The summed E-state index contributed by atoms with van der Waals surface area (Å²) in [5.41, 5.74) is 8.08. The van der Waals surface area contributed by atoms with Crippen LogP contribution in [0.3, 0.4) is 0 Å². The molecule has 1 amide bonds. The Balaban J connectivity index is 1.72. The molecule has 188 valence electrons. The average molecular weight is 481 g/mol. The minimum Gasteiger partial charge on any atom is -0.507 e. The lowest BCUT2D eigenvalue weighted by Crippen LogP contribution is -2.50. The van der Waals surface area contributed by atoms with Crippen molar-refractivity contribution in [2.24, 2.45) is 5.73 Å². The largest absolute Gasteiger partial charge is 0.507 e. The van der Waals surface area contributed by atoms with Crippen LogP contribution in [0.5, 0.6) is 11.6 Å². The molecule has 0 aliphatic heterocycles. The van der Waals surface area contributed by atoms with E-state index < -0.39 is 5.54 Å². The first-order chi connectivity index (χ1) is 16.8. The number of hydrogen-bond donors (Lipinski definition) is 3. The molecule has 9 heteroatoms. The molecule has 3 aromatic rings. The van der Waals surface area contributed by atoms with Crippen LogP contribution in [0, 0.1) is 0 Å². The van der Waals surface area contributed by atoms with Gasteiger partial charge in [-0.1, -0.05) is 19.4 Å². The van der Waals surface area contributed by atoms with E-state index >= 15 is 0 Å². The number of carbonyl (C=O) groups is 1. The van der Waals surface area contributed by atoms with Gasteiger partial charge in [-0.25, -0.2) is 0 Å². The fourth-order valence-corrected chi connectivity index (χ4v) is 4.43. The van der Waals surface area contributed by atoms with Gasteiger partial charge in [0.2, 0.25) is 11.8 Å². The van der Waals surface area contributed by atoms with Crippen molar-refractivity contribution >= 4 is 5.91 Å². The monoisotopic (exact) mass is 480 g/mol. The Bertz CT molecular complexity index is 1080. The van der Waals surface area contributed by atoms with Gasteiger partial charge in [0.05, 0.1) is 11.9 Å². The van der Waals surface area contributed by atoms with Gasteiger partial charge in [0.15, 0.2) is 0 Å². The van der Waals surface area contributed by atoms with Crippen molar-refractivity contribution in [2.75, 3.05) is 13.1 Å². The molecule has 0 fully saturated rings. The number of phenols is 1. The number of phenolic OH excluding ortho intramolecular Hbond substituents is 1. The number of hydrogen-bond acceptors (Lipinski definition) is 7. The van der Waals surface area contributed by atoms with Gasteiger partial charge in [-0.3, -0.25) is 9.89 Å². The molecule has 0 saturated carbocycles. The number of nitrogens with one attached hydrogen (secondary N) is 1. The van der Waals surface area contributed by atoms with Gasteiger partial charge in [-0.05, 0) is 51.0 Å². The molecule has 0 aliphatic rings. The Morgan fingerprint density at radius 1 is 1.20 bits per heavy atom. The van der Waals surface area contributed by atoms with Crippen LogP contribution in [0.2, 0.25) is 0 Å². The maximum absolute atomic E-state index is 12.6. The number of amides is 1. The van der Waals surface area contributed by atoms with Gasteiger partial charge in [0, 0.05) is 54.9 Å². The molecule has 0 aliphatic carbocycles. The van der Waals surface area contributed by atoms with Crippen LogP contribution in [0.4, 0.5) is 0 Å². The maximum Gasteiger partial charge on any atom is 0.233 e. The highest BCUT2D eigenvalue weighted by Crippen LogP contribution is 2.32. The van der Waals surface area contributed by atoms with E-state index in [-0.39, 0.29) is 17.8 Å². The van der Waals surface area contributed by atoms with Crippen LogP contribution in [0.1, 0.15) is 53.4 Å². The number of nitrogens with two attached hydrogens (primary N) is 1. The van der Waals surface area contributed by atoms with Crippen molar-refractivity contribution in [2.45, 2.75) is 65.0 Å². The van der Waals surface area contributed by atoms with Gasteiger partial charge in [-0.15, -0.1) is 10.2 Å². The summed E-state index contributed by atoms with van der Waals surface area (Å²) in [5.74, 6) is 0.575. The van der Waals surface area contributed by atoms with Gasteiger partial charge < -0.3 is 20.5 Å². The van der Waals surface area contributed by atoms with E-state index in [4.69, 9.17) is 10.5 Å². The molecule has 1 aromatic carbocycles. The SMILES string of the molecule is CCC[C@@H](CC(C)(C)N(CC)C(=O)CCN)Oc1ccc(-c2ccc(-c3cn[nH]c3)cc2O)nn1. The first-order valence-corrected chi connectivity index (χ1v) is 12.1. The standard InChI is InChI=1S/C26H36N6O3/c1-5-7-20(15-26(3,4)32(6-2)25(34)12-13-27)35-24-11-10-22(30-31-24)21-9-8-18(14-23(21)33)19-16-28-29-17-19/h8-11,14,16-17,20,33H,5-7,12-13,15,27H2,1-4H3,(H,28,29)/t20-/m0/s1. The third-order valence-corrected chi connectivity index (χ3v) is 6.08. The molecular formula is C26H36N6O3. The Hall–Kier alpha value is -3.46. The van der Waals surface area contributed by atoms with Crippen molar-refractivity contribution in [3.05, 3.63) is 42.7 Å². The first kappa shape index (κ1) is 26.2. The van der Waals surface area contributed by atoms with Crippen molar-refractivity contribution in [3.8, 4) is 34.0 Å². The molecule has 2 aromatic heterocycles. The molecule has 2 heterocycles. The summed E-state index contributed by atoms with van der Waals surface area (Å²) in [7, 11) is 0. The summed E-state index contributed by atoms with van der Waals surface area (Å²) in [6.07, 6.45) is 6.09. The van der Waals surface area contributed by atoms with E-state index in [1.54, 1.807) is 30.6 Å². The van der Waals surface area contributed by atoms with Crippen molar-refractivity contribution in [3.63, 3.8) is 0 Å². The minimum absolute atomic E-state index is 0.0537. The minimum atomic E-state index is -0.392. The molecule has 0 bridgehead atoms. The molecule has 3 rings (SSSR count). The van der Waals surface area contributed by atoms with Crippen LogP contribution in [-0.2, 0) is 4.79 Å². The Kier molecular flexibility index (Phi) is 8.81. The molecule has 0 unspecified atom stereocenters. The second kappa shape index (κ2) is 11.8.